The Morgan fingerprint density at radius 3 is 2.92 bits per heavy atom. The molecule has 2 N–H and O–H groups in total. The molecule has 0 unspecified atom stereocenters. The highest BCUT2D eigenvalue weighted by Crippen LogP contribution is 2.19. The fourth-order valence-electron chi connectivity index (χ4n) is 0.901. The van der Waals surface area contributed by atoms with Crippen LogP contribution < -0.4 is 5.32 Å². The summed E-state index contributed by atoms with van der Waals surface area (Å²) in [5.41, 5.74) is 0. The predicted molar refractivity (Wildman–Crippen MR) is 55.7 cm³/mol. The summed E-state index contributed by atoms with van der Waals surface area (Å²) in [5.74, 6) is 0. The van der Waals surface area contributed by atoms with Crippen LogP contribution in [0, 0.1) is 0 Å². The Labute approximate surface area is 84.7 Å². The van der Waals surface area contributed by atoms with Gasteiger partial charge in [-0.25, -0.2) is 0 Å². The molecule has 1 aromatic rings. The van der Waals surface area contributed by atoms with Gasteiger partial charge in [-0.15, -0.1) is 11.3 Å². The van der Waals surface area contributed by atoms with Crippen molar-refractivity contribution in [1.29, 1.82) is 0 Å². The largest absolute Gasteiger partial charge is 0.395 e. The van der Waals surface area contributed by atoms with E-state index < -0.39 is 0 Å². The fourth-order valence-corrected chi connectivity index (χ4v) is 2.36. The molecule has 1 heterocycles. The molecule has 2 nitrogen and oxygen atoms in total. The van der Waals surface area contributed by atoms with Crippen molar-refractivity contribution >= 4 is 27.3 Å². The topological polar surface area (TPSA) is 32.3 Å². The Bertz CT molecular complexity index is 227. The van der Waals surface area contributed by atoms with Crippen LogP contribution in [0.25, 0.3) is 0 Å². The van der Waals surface area contributed by atoms with Crippen molar-refractivity contribution in [2.75, 3.05) is 19.7 Å². The van der Waals surface area contributed by atoms with Crippen LogP contribution >= 0.6 is 27.3 Å². The lowest BCUT2D eigenvalue weighted by molar-refractivity contribution is 0.293. The smallest absolute Gasteiger partial charge is 0.0555 e. The molecule has 4 heteroatoms. The van der Waals surface area contributed by atoms with Gasteiger partial charge in [0.05, 0.1) is 6.61 Å². The van der Waals surface area contributed by atoms with Crippen molar-refractivity contribution in [3.63, 3.8) is 0 Å². The first-order valence-electron chi connectivity index (χ1n) is 3.87. The summed E-state index contributed by atoms with van der Waals surface area (Å²) in [5, 5.41) is 13.7. The van der Waals surface area contributed by atoms with Crippen molar-refractivity contribution in [1.82, 2.24) is 5.32 Å². The highest BCUT2D eigenvalue weighted by Gasteiger charge is 1.96. The molecule has 0 amide bonds. The van der Waals surface area contributed by atoms with E-state index in [2.05, 4.69) is 32.7 Å². The van der Waals surface area contributed by atoms with E-state index in [4.69, 9.17) is 5.11 Å². The summed E-state index contributed by atoms with van der Waals surface area (Å²) >= 11 is 5.16. The van der Waals surface area contributed by atoms with Crippen LogP contribution in [0.2, 0.25) is 0 Å². The van der Waals surface area contributed by atoms with Crippen molar-refractivity contribution in [3.05, 3.63) is 20.8 Å². The molecular weight excluding hydrogens is 238 g/mol. The normalized spacial score (nSPS) is 10.5. The molecule has 0 aromatic carbocycles. The van der Waals surface area contributed by atoms with Crippen LogP contribution in [0.1, 0.15) is 4.88 Å². The molecule has 12 heavy (non-hydrogen) atoms. The minimum absolute atomic E-state index is 0.216. The van der Waals surface area contributed by atoms with Crippen LogP contribution in [-0.2, 0) is 6.42 Å². The summed E-state index contributed by atoms with van der Waals surface area (Å²) in [4.78, 5) is 1.37. The molecule has 0 radical (unpaired) electrons. The molecule has 0 aliphatic carbocycles. The molecule has 0 saturated heterocycles. The van der Waals surface area contributed by atoms with Crippen LogP contribution in [0.15, 0.2) is 15.9 Å². The maximum atomic E-state index is 8.50. The second kappa shape index (κ2) is 5.70. The summed E-state index contributed by atoms with van der Waals surface area (Å²) in [7, 11) is 0. The van der Waals surface area contributed by atoms with Gasteiger partial charge < -0.3 is 10.4 Å². The Hall–Kier alpha value is 0.1000. The van der Waals surface area contributed by atoms with Gasteiger partial charge in [0.25, 0.3) is 0 Å². The summed E-state index contributed by atoms with van der Waals surface area (Å²) in [6.07, 6.45) is 1.04. The van der Waals surface area contributed by atoms with Gasteiger partial charge in [-0.3, -0.25) is 0 Å². The van der Waals surface area contributed by atoms with Crippen molar-refractivity contribution < 1.29 is 5.11 Å². The van der Waals surface area contributed by atoms with Crippen molar-refractivity contribution in [2.24, 2.45) is 0 Å². The maximum absolute atomic E-state index is 8.50. The number of halogens is 1. The molecule has 1 rings (SSSR count). The zero-order valence-electron chi connectivity index (χ0n) is 6.72. The van der Waals surface area contributed by atoms with Crippen LogP contribution in [0.4, 0.5) is 0 Å². The van der Waals surface area contributed by atoms with Gasteiger partial charge in [0.1, 0.15) is 0 Å². The molecule has 0 bridgehead atoms. The Balaban J connectivity index is 2.15. The number of hydrogen-bond acceptors (Lipinski definition) is 3. The quantitative estimate of drug-likeness (QED) is 0.778. The van der Waals surface area contributed by atoms with E-state index in [0.717, 1.165) is 17.4 Å². The third-order valence-corrected chi connectivity index (χ3v) is 3.22. The molecule has 1 aromatic heterocycles. The van der Waals surface area contributed by atoms with Gasteiger partial charge in [-0.05, 0) is 28.4 Å². The molecule has 0 saturated carbocycles. The van der Waals surface area contributed by atoms with E-state index >= 15 is 0 Å². The lowest BCUT2D eigenvalue weighted by atomic mass is 10.3. The van der Waals surface area contributed by atoms with Crippen molar-refractivity contribution in [2.45, 2.75) is 6.42 Å². The first-order chi connectivity index (χ1) is 5.83. The highest BCUT2D eigenvalue weighted by molar-refractivity contribution is 9.10. The highest BCUT2D eigenvalue weighted by atomic mass is 79.9. The Morgan fingerprint density at radius 1 is 1.50 bits per heavy atom. The molecule has 0 fully saturated rings. The third kappa shape index (κ3) is 3.67. The zero-order chi connectivity index (χ0) is 8.81. The van der Waals surface area contributed by atoms with Gasteiger partial charge in [-0.1, -0.05) is 0 Å². The SMILES string of the molecule is OCCNCCc1cc(Br)cs1. The van der Waals surface area contributed by atoms with E-state index in [0.29, 0.717) is 6.54 Å². The summed E-state index contributed by atoms with van der Waals surface area (Å²) in [6.45, 7) is 1.84. The van der Waals surface area contributed by atoms with E-state index in [9.17, 15) is 0 Å². The second-order valence-corrected chi connectivity index (χ2v) is 4.37. The van der Waals surface area contributed by atoms with E-state index in [-0.39, 0.29) is 6.61 Å². The average molecular weight is 250 g/mol. The standard InChI is InChI=1S/C8H12BrNOS/c9-7-5-8(12-6-7)1-2-10-3-4-11/h5-6,10-11H,1-4H2. The molecule has 0 aliphatic rings. The van der Waals surface area contributed by atoms with E-state index in [1.54, 1.807) is 11.3 Å². The third-order valence-electron chi connectivity index (χ3n) is 1.46. The van der Waals surface area contributed by atoms with Gasteiger partial charge in [0.15, 0.2) is 0 Å². The maximum Gasteiger partial charge on any atom is 0.0555 e. The number of hydrogen-bond donors (Lipinski definition) is 2. The lowest BCUT2D eigenvalue weighted by Gasteiger charge is -1.99. The predicted octanol–water partition coefficient (Wildman–Crippen LogP) is 1.64. The summed E-state index contributed by atoms with van der Waals surface area (Å²) in [6, 6.07) is 2.13. The zero-order valence-corrected chi connectivity index (χ0v) is 9.12. The monoisotopic (exact) mass is 249 g/mol. The van der Waals surface area contributed by atoms with Crippen LogP contribution in [-0.4, -0.2) is 24.8 Å². The average Bonchev–Trinajstić information content (AvgIpc) is 2.45. The fraction of sp³-hybridized carbons (Fsp3) is 0.500. The van der Waals surface area contributed by atoms with E-state index in [1.165, 1.54) is 4.88 Å². The lowest BCUT2D eigenvalue weighted by Crippen LogP contribution is -2.20. The number of aliphatic hydroxyl groups is 1. The van der Waals surface area contributed by atoms with Gasteiger partial charge >= 0.3 is 0 Å². The van der Waals surface area contributed by atoms with Crippen LogP contribution in [0.3, 0.4) is 0 Å². The van der Waals surface area contributed by atoms with Crippen LogP contribution in [0.5, 0.6) is 0 Å². The molecule has 0 aliphatic heterocycles. The number of nitrogens with one attached hydrogen (secondary N) is 1. The second-order valence-electron chi connectivity index (χ2n) is 2.45. The van der Waals surface area contributed by atoms with Gasteiger partial charge in [-0.2, -0.15) is 0 Å². The number of thiophene rings is 1. The molecule has 0 atom stereocenters. The molecular formula is C8H12BrNOS. The van der Waals surface area contributed by atoms with Crippen molar-refractivity contribution in [3.8, 4) is 0 Å². The van der Waals surface area contributed by atoms with E-state index in [1.807, 2.05) is 0 Å². The minimum Gasteiger partial charge on any atom is -0.395 e. The first kappa shape index (κ1) is 10.2. The number of aliphatic hydroxyl groups excluding tert-OH is 1. The first-order valence-corrected chi connectivity index (χ1v) is 5.54. The summed E-state index contributed by atoms with van der Waals surface area (Å²) < 4.78 is 1.16. The minimum atomic E-state index is 0.216. The van der Waals surface area contributed by atoms with Gasteiger partial charge in [0, 0.05) is 27.8 Å². The Kier molecular flexibility index (Phi) is 4.83. The number of rotatable bonds is 5. The molecule has 68 valence electrons. The van der Waals surface area contributed by atoms with Gasteiger partial charge in [0.2, 0.25) is 0 Å². The molecule has 0 spiro atoms. The Morgan fingerprint density at radius 2 is 2.33 bits per heavy atom.